The van der Waals surface area contributed by atoms with Crippen molar-refractivity contribution < 1.29 is 0 Å². The van der Waals surface area contributed by atoms with E-state index in [1.165, 1.54) is 37.4 Å². The van der Waals surface area contributed by atoms with Crippen molar-refractivity contribution in [3.05, 3.63) is 0 Å². The van der Waals surface area contributed by atoms with Gasteiger partial charge in [-0.15, -0.1) is 0 Å². The zero-order valence-electron chi connectivity index (χ0n) is 6.78. The van der Waals surface area contributed by atoms with E-state index >= 15 is 0 Å². The van der Waals surface area contributed by atoms with Crippen molar-refractivity contribution in [2.75, 3.05) is 5.33 Å². The van der Waals surface area contributed by atoms with Crippen LogP contribution in [0.2, 0.25) is 0 Å². The summed E-state index contributed by atoms with van der Waals surface area (Å²) < 4.78 is 0. The molecule has 1 rings (SSSR count). The highest BCUT2D eigenvalue weighted by Gasteiger charge is 2.25. The lowest BCUT2D eigenvalue weighted by molar-refractivity contribution is 0.214. The first-order chi connectivity index (χ1) is 4.88. The first kappa shape index (κ1) is 8.58. The average Bonchev–Trinajstić information content (AvgIpc) is 1.83. The Bertz CT molecular complexity index is 86.7. The van der Waals surface area contributed by atoms with E-state index < -0.39 is 0 Å². The Kier molecular flexibility index (Phi) is 3.75. The lowest BCUT2D eigenvalue weighted by Gasteiger charge is -2.32. The average molecular weight is 205 g/mol. The Morgan fingerprint density at radius 2 is 2.20 bits per heavy atom. The van der Waals surface area contributed by atoms with Crippen LogP contribution in [-0.4, -0.2) is 5.33 Å². The molecule has 0 radical (unpaired) electrons. The molecule has 0 amide bonds. The van der Waals surface area contributed by atoms with E-state index in [1.807, 2.05) is 0 Å². The minimum atomic E-state index is 0.985. The lowest BCUT2D eigenvalue weighted by atomic mass is 9.75. The van der Waals surface area contributed by atoms with Crippen LogP contribution in [-0.2, 0) is 0 Å². The third-order valence-corrected chi connectivity index (χ3v) is 3.51. The van der Waals surface area contributed by atoms with Gasteiger partial charge in [-0.25, -0.2) is 0 Å². The molecule has 1 fully saturated rings. The molecule has 1 atom stereocenters. The summed E-state index contributed by atoms with van der Waals surface area (Å²) in [6.07, 6.45) is 7.26. The smallest absolute Gasteiger partial charge is 0.00623 e. The maximum absolute atomic E-state index is 3.59. The third-order valence-electron chi connectivity index (χ3n) is 2.67. The van der Waals surface area contributed by atoms with Crippen molar-refractivity contribution in [1.82, 2.24) is 0 Å². The molecule has 1 aliphatic carbocycles. The molecular weight excluding hydrogens is 188 g/mol. The van der Waals surface area contributed by atoms with Crippen molar-refractivity contribution in [1.29, 1.82) is 0 Å². The van der Waals surface area contributed by atoms with Crippen LogP contribution in [0.5, 0.6) is 0 Å². The second kappa shape index (κ2) is 4.38. The van der Waals surface area contributed by atoms with Crippen molar-refractivity contribution in [2.24, 2.45) is 11.8 Å². The second-order valence-corrected chi connectivity index (χ2v) is 4.04. The molecule has 1 aliphatic rings. The van der Waals surface area contributed by atoms with E-state index in [0.717, 1.165) is 11.8 Å². The molecule has 0 bridgehead atoms. The standard InChI is InChI=1S/C9H17Br/c1-2-4-9(7-10)8-5-3-6-8/h8-9H,2-7H2,1H3. The van der Waals surface area contributed by atoms with E-state index in [9.17, 15) is 0 Å². The monoisotopic (exact) mass is 204 g/mol. The molecule has 1 saturated carbocycles. The molecule has 0 aromatic rings. The molecule has 0 heterocycles. The van der Waals surface area contributed by atoms with E-state index in [4.69, 9.17) is 0 Å². The molecule has 0 N–H and O–H groups in total. The number of hydrogen-bond donors (Lipinski definition) is 0. The number of rotatable bonds is 4. The van der Waals surface area contributed by atoms with Crippen LogP contribution >= 0.6 is 15.9 Å². The zero-order valence-corrected chi connectivity index (χ0v) is 8.36. The van der Waals surface area contributed by atoms with Gasteiger partial charge in [0.25, 0.3) is 0 Å². The second-order valence-electron chi connectivity index (χ2n) is 3.39. The van der Waals surface area contributed by atoms with E-state index in [0.29, 0.717) is 0 Å². The van der Waals surface area contributed by atoms with Crippen LogP contribution in [0.15, 0.2) is 0 Å². The topological polar surface area (TPSA) is 0 Å². The van der Waals surface area contributed by atoms with Gasteiger partial charge in [-0.05, 0) is 18.3 Å². The molecule has 0 nitrogen and oxygen atoms in total. The highest BCUT2D eigenvalue weighted by molar-refractivity contribution is 9.09. The van der Waals surface area contributed by atoms with Gasteiger partial charge in [-0.1, -0.05) is 48.5 Å². The molecular formula is C9H17Br. The number of hydrogen-bond acceptors (Lipinski definition) is 0. The highest BCUT2D eigenvalue weighted by Crippen LogP contribution is 2.36. The Morgan fingerprint density at radius 1 is 1.50 bits per heavy atom. The fourth-order valence-electron chi connectivity index (χ4n) is 1.72. The Labute approximate surface area is 72.5 Å². The molecule has 0 aromatic heterocycles. The van der Waals surface area contributed by atoms with Crippen molar-refractivity contribution in [3.8, 4) is 0 Å². The summed E-state index contributed by atoms with van der Waals surface area (Å²) in [5.74, 6) is 2.05. The zero-order chi connectivity index (χ0) is 7.40. The minimum Gasteiger partial charge on any atom is -0.0925 e. The molecule has 60 valence electrons. The summed E-state index contributed by atoms with van der Waals surface area (Å²) in [5, 5.41) is 1.23. The van der Waals surface area contributed by atoms with Crippen molar-refractivity contribution in [3.63, 3.8) is 0 Å². The number of alkyl halides is 1. The largest absolute Gasteiger partial charge is 0.0925 e. The van der Waals surface area contributed by atoms with Gasteiger partial charge >= 0.3 is 0 Å². The van der Waals surface area contributed by atoms with Gasteiger partial charge < -0.3 is 0 Å². The summed E-state index contributed by atoms with van der Waals surface area (Å²) in [7, 11) is 0. The molecule has 0 saturated heterocycles. The quantitative estimate of drug-likeness (QED) is 0.615. The first-order valence-electron chi connectivity index (χ1n) is 4.44. The molecule has 1 heteroatoms. The van der Waals surface area contributed by atoms with Gasteiger partial charge in [-0.2, -0.15) is 0 Å². The summed E-state index contributed by atoms with van der Waals surface area (Å²) in [6.45, 7) is 2.29. The highest BCUT2D eigenvalue weighted by atomic mass is 79.9. The fourth-order valence-corrected chi connectivity index (χ4v) is 2.57. The third kappa shape index (κ3) is 1.98. The maximum atomic E-state index is 3.59. The lowest BCUT2D eigenvalue weighted by Crippen LogP contribution is -2.22. The van der Waals surface area contributed by atoms with Crippen LogP contribution in [0.3, 0.4) is 0 Å². The Balaban J connectivity index is 2.17. The van der Waals surface area contributed by atoms with Gasteiger partial charge in [0, 0.05) is 5.33 Å². The first-order valence-corrected chi connectivity index (χ1v) is 5.56. The molecule has 10 heavy (non-hydrogen) atoms. The van der Waals surface area contributed by atoms with Gasteiger partial charge in [0.1, 0.15) is 0 Å². The Morgan fingerprint density at radius 3 is 2.50 bits per heavy atom. The van der Waals surface area contributed by atoms with E-state index in [-0.39, 0.29) is 0 Å². The SMILES string of the molecule is CCCC(CBr)C1CCC1. The maximum Gasteiger partial charge on any atom is 0.00623 e. The summed E-state index contributed by atoms with van der Waals surface area (Å²) in [6, 6.07) is 0. The summed E-state index contributed by atoms with van der Waals surface area (Å²) in [5.41, 5.74) is 0. The van der Waals surface area contributed by atoms with Gasteiger partial charge in [-0.3, -0.25) is 0 Å². The number of halogens is 1. The minimum absolute atomic E-state index is 0.985. The van der Waals surface area contributed by atoms with Crippen LogP contribution in [0.4, 0.5) is 0 Å². The van der Waals surface area contributed by atoms with Gasteiger partial charge in [0.05, 0.1) is 0 Å². The molecule has 1 unspecified atom stereocenters. The normalized spacial score (nSPS) is 22.2. The fraction of sp³-hybridized carbons (Fsp3) is 1.00. The molecule has 0 aliphatic heterocycles. The summed E-state index contributed by atoms with van der Waals surface area (Å²) >= 11 is 3.59. The Hall–Kier alpha value is 0.480. The summed E-state index contributed by atoms with van der Waals surface area (Å²) in [4.78, 5) is 0. The predicted molar refractivity (Wildman–Crippen MR) is 49.5 cm³/mol. The van der Waals surface area contributed by atoms with Crippen LogP contribution in [0.25, 0.3) is 0 Å². The van der Waals surface area contributed by atoms with Crippen molar-refractivity contribution >= 4 is 15.9 Å². The predicted octanol–water partition coefficient (Wildman–Crippen LogP) is 3.60. The molecule has 0 aromatic carbocycles. The van der Waals surface area contributed by atoms with Crippen LogP contribution in [0, 0.1) is 11.8 Å². The van der Waals surface area contributed by atoms with E-state index in [2.05, 4.69) is 22.9 Å². The van der Waals surface area contributed by atoms with Gasteiger partial charge in [0.15, 0.2) is 0 Å². The van der Waals surface area contributed by atoms with Crippen molar-refractivity contribution in [2.45, 2.75) is 39.0 Å². The molecule has 0 spiro atoms. The van der Waals surface area contributed by atoms with Crippen LogP contribution < -0.4 is 0 Å². The van der Waals surface area contributed by atoms with Crippen LogP contribution in [0.1, 0.15) is 39.0 Å². The van der Waals surface area contributed by atoms with E-state index in [1.54, 1.807) is 0 Å². The van der Waals surface area contributed by atoms with Gasteiger partial charge in [0.2, 0.25) is 0 Å².